The van der Waals surface area contributed by atoms with Gasteiger partial charge in [-0.1, -0.05) is 103 Å². The van der Waals surface area contributed by atoms with E-state index in [2.05, 4.69) is 109 Å². The molecule has 0 aliphatic heterocycles. The van der Waals surface area contributed by atoms with Gasteiger partial charge in [0.1, 0.15) is 0 Å². The van der Waals surface area contributed by atoms with Crippen molar-refractivity contribution < 1.29 is 0 Å². The first-order chi connectivity index (χ1) is 12.9. The van der Waals surface area contributed by atoms with Crippen molar-refractivity contribution in [2.75, 3.05) is 0 Å². The highest BCUT2D eigenvalue weighted by Crippen LogP contribution is 2.51. The summed E-state index contributed by atoms with van der Waals surface area (Å²) in [5.41, 5.74) is 10.5. The van der Waals surface area contributed by atoms with Crippen LogP contribution in [0.1, 0.15) is 16.7 Å². The van der Waals surface area contributed by atoms with Crippen LogP contribution in [0.5, 0.6) is 0 Å². The monoisotopic (exact) mass is 330 g/mol. The third-order valence-electron chi connectivity index (χ3n) is 5.04. The molecule has 0 aromatic heterocycles. The van der Waals surface area contributed by atoms with E-state index in [1.165, 1.54) is 44.5 Å². The van der Waals surface area contributed by atoms with Gasteiger partial charge in [-0.2, -0.15) is 0 Å². The number of hydrogen-bond acceptors (Lipinski definition) is 0. The molecule has 0 saturated carbocycles. The second kappa shape index (κ2) is 6.16. The van der Waals surface area contributed by atoms with E-state index in [0.717, 1.165) is 0 Å². The van der Waals surface area contributed by atoms with Crippen molar-refractivity contribution in [2.24, 2.45) is 0 Å². The predicted octanol–water partition coefficient (Wildman–Crippen LogP) is 6.92. The maximum Gasteiger partial charge on any atom is -0.00201 e. The van der Waals surface area contributed by atoms with E-state index < -0.39 is 0 Å². The first kappa shape index (κ1) is 14.9. The van der Waals surface area contributed by atoms with E-state index in [1.807, 2.05) is 0 Å². The second-order valence-corrected chi connectivity index (χ2v) is 6.61. The molecule has 0 bridgehead atoms. The molecule has 0 fully saturated rings. The highest BCUT2D eigenvalue weighted by Gasteiger charge is 2.25. The minimum atomic E-state index is 1.22. The van der Waals surface area contributed by atoms with Crippen LogP contribution in [0.4, 0.5) is 0 Å². The molecule has 0 radical (unpaired) electrons. The van der Waals surface area contributed by atoms with Gasteiger partial charge in [-0.05, 0) is 50.6 Å². The first-order valence-corrected chi connectivity index (χ1v) is 8.97. The van der Waals surface area contributed by atoms with Gasteiger partial charge in [0.2, 0.25) is 0 Å². The van der Waals surface area contributed by atoms with Crippen molar-refractivity contribution in [3.63, 3.8) is 0 Å². The zero-order chi connectivity index (χ0) is 17.3. The molecule has 0 heteroatoms. The van der Waals surface area contributed by atoms with Crippen molar-refractivity contribution >= 4 is 11.6 Å². The van der Waals surface area contributed by atoms with E-state index in [-0.39, 0.29) is 0 Å². The molecular formula is C26H18. The van der Waals surface area contributed by atoms with Crippen LogP contribution >= 0.6 is 0 Å². The van der Waals surface area contributed by atoms with Gasteiger partial charge in [0.15, 0.2) is 0 Å². The van der Waals surface area contributed by atoms with Crippen molar-refractivity contribution in [1.82, 2.24) is 0 Å². The SMILES string of the molecule is C(=C(/c1ccccc1)c1cccc2c1-c1ccccc1-2)/c1ccccc1. The Bertz CT molecular complexity index is 1100. The molecular weight excluding hydrogens is 312 g/mol. The zero-order valence-corrected chi connectivity index (χ0v) is 14.4. The summed E-state index contributed by atoms with van der Waals surface area (Å²) < 4.78 is 0. The Morgan fingerprint density at radius 3 is 1.88 bits per heavy atom. The summed E-state index contributed by atoms with van der Waals surface area (Å²) in [6.45, 7) is 0. The molecule has 26 heavy (non-hydrogen) atoms. The van der Waals surface area contributed by atoms with Gasteiger partial charge in [0.05, 0.1) is 0 Å². The van der Waals surface area contributed by atoms with Crippen LogP contribution in [0, 0.1) is 0 Å². The molecule has 1 aliphatic rings. The molecule has 0 nitrogen and oxygen atoms in total. The largest absolute Gasteiger partial charge is 0.0622 e. The summed E-state index contributed by atoms with van der Waals surface area (Å²) in [5, 5.41) is 0. The Labute approximate surface area is 154 Å². The van der Waals surface area contributed by atoms with E-state index in [0.29, 0.717) is 0 Å². The van der Waals surface area contributed by atoms with Crippen molar-refractivity contribution in [2.45, 2.75) is 0 Å². The maximum atomic E-state index is 2.30. The molecule has 5 rings (SSSR count). The molecule has 0 N–H and O–H groups in total. The average Bonchev–Trinajstić information content (AvgIpc) is 2.71. The van der Waals surface area contributed by atoms with Gasteiger partial charge in [-0.15, -0.1) is 0 Å². The first-order valence-electron chi connectivity index (χ1n) is 8.97. The van der Waals surface area contributed by atoms with E-state index in [9.17, 15) is 0 Å². The zero-order valence-electron chi connectivity index (χ0n) is 14.4. The maximum absolute atomic E-state index is 2.30. The van der Waals surface area contributed by atoms with Crippen LogP contribution in [0.15, 0.2) is 103 Å². The Hall–Kier alpha value is -3.38. The average molecular weight is 330 g/mol. The molecule has 0 amide bonds. The molecule has 4 aromatic rings. The van der Waals surface area contributed by atoms with Crippen LogP contribution < -0.4 is 0 Å². The lowest BCUT2D eigenvalue weighted by Crippen LogP contribution is -2.03. The van der Waals surface area contributed by atoms with Gasteiger partial charge in [0, 0.05) is 0 Å². The minimum Gasteiger partial charge on any atom is -0.0622 e. The summed E-state index contributed by atoms with van der Waals surface area (Å²) in [4.78, 5) is 0. The van der Waals surface area contributed by atoms with Crippen molar-refractivity contribution in [3.8, 4) is 22.3 Å². The van der Waals surface area contributed by atoms with E-state index in [1.54, 1.807) is 0 Å². The summed E-state index contributed by atoms with van der Waals surface area (Å²) >= 11 is 0. The van der Waals surface area contributed by atoms with Crippen molar-refractivity contribution in [1.29, 1.82) is 0 Å². The van der Waals surface area contributed by atoms with Crippen LogP contribution in [0.2, 0.25) is 0 Å². The topological polar surface area (TPSA) is 0 Å². The van der Waals surface area contributed by atoms with Crippen LogP contribution in [-0.4, -0.2) is 0 Å². The Morgan fingerprint density at radius 1 is 0.500 bits per heavy atom. The number of rotatable bonds is 3. The number of fused-ring (bicyclic) bond motifs is 4. The molecule has 1 aliphatic carbocycles. The molecule has 0 heterocycles. The predicted molar refractivity (Wildman–Crippen MR) is 111 cm³/mol. The van der Waals surface area contributed by atoms with Gasteiger partial charge in [-0.25, -0.2) is 0 Å². The molecule has 4 aromatic carbocycles. The Kier molecular flexibility index (Phi) is 3.54. The molecule has 122 valence electrons. The Morgan fingerprint density at radius 2 is 1.12 bits per heavy atom. The smallest absolute Gasteiger partial charge is 0.00201 e. The summed E-state index contributed by atoms with van der Waals surface area (Å²) in [6.07, 6.45) is 2.30. The van der Waals surface area contributed by atoms with E-state index in [4.69, 9.17) is 0 Å². The van der Waals surface area contributed by atoms with Gasteiger partial charge >= 0.3 is 0 Å². The second-order valence-electron chi connectivity index (χ2n) is 6.61. The standard InChI is InChI=1S/C26H18/c1-3-10-19(11-4-1)18-25(20-12-5-2-6-13-20)24-17-9-16-23-21-14-7-8-15-22(21)26(23)24/h1-18H/b25-18+. The van der Waals surface area contributed by atoms with Crippen molar-refractivity contribution in [3.05, 3.63) is 120 Å². The number of hydrogen-bond donors (Lipinski definition) is 0. The fourth-order valence-electron chi connectivity index (χ4n) is 3.82. The fourth-order valence-corrected chi connectivity index (χ4v) is 3.82. The highest BCUT2D eigenvalue weighted by molar-refractivity contribution is 6.09. The number of benzene rings is 4. The van der Waals surface area contributed by atoms with E-state index >= 15 is 0 Å². The van der Waals surface area contributed by atoms with Gasteiger partial charge < -0.3 is 0 Å². The van der Waals surface area contributed by atoms with Gasteiger partial charge in [0.25, 0.3) is 0 Å². The quantitative estimate of drug-likeness (QED) is 0.315. The lowest BCUT2D eigenvalue weighted by molar-refractivity contribution is 1.47. The fraction of sp³-hybridized carbons (Fsp3) is 0. The third kappa shape index (κ3) is 2.39. The van der Waals surface area contributed by atoms with Gasteiger partial charge in [-0.3, -0.25) is 0 Å². The lowest BCUT2D eigenvalue weighted by atomic mass is 9.75. The molecule has 0 unspecified atom stereocenters. The van der Waals surface area contributed by atoms with Crippen LogP contribution in [0.3, 0.4) is 0 Å². The summed E-state index contributed by atoms with van der Waals surface area (Å²) in [5.74, 6) is 0. The Balaban J connectivity index is 1.74. The third-order valence-corrected chi connectivity index (χ3v) is 5.04. The summed E-state index contributed by atoms with van der Waals surface area (Å²) in [6, 6.07) is 36.6. The molecule has 0 spiro atoms. The normalized spacial score (nSPS) is 12.1. The summed E-state index contributed by atoms with van der Waals surface area (Å²) in [7, 11) is 0. The van der Waals surface area contributed by atoms with Crippen LogP contribution in [-0.2, 0) is 0 Å². The molecule has 0 atom stereocenters. The lowest BCUT2D eigenvalue weighted by Gasteiger charge is -2.27. The molecule has 0 saturated heterocycles. The highest BCUT2D eigenvalue weighted by atomic mass is 14.3. The van der Waals surface area contributed by atoms with Crippen LogP contribution in [0.25, 0.3) is 33.9 Å². The minimum absolute atomic E-state index is 1.22.